The summed E-state index contributed by atoms with van der Waals surface area (Å²) in [6.45, 7) is 11.6. The zero-order chi connectivity index (χ0) is 16.4. The summed E-state index contributed by atoms with van der Waals surface area (Å²) in [5.74, 6) is -0.422. The fourth-order valence-corrected chi connectivity index (χ4v) is 3.59. The number of carbonyl (C=O) groups is 1. The minimum Gasteiger partial charge on any atom is -0.594 e. The van der Waals surface area contributed by atoms with Gasteiger partial charge in [0.05, 0.1) is 12.2 Å². The van der Waals surface area contributed by atoms with Crippen molar-refractivity contribution in [2.24, 2.45) is 0 Å². The molecule has 0 bridgehead atoms. The highest BCUT2D eigenvalue weighted by Crippen LogP contribution is 2.15. The number of carbonyl (C=O) groups excluding carboxylic acids is 1. The van der Waals surface area contributed by atoms with E-state index < -0.39 is 21.1 Å². The Morgan fingerprint density at radius 3 is 1.95 bits per heavy atom. The summed E-state index contributed by atoms with van der Waals surface area (Å²) >= 11 is -0.372. The molecule has 0 radical (unpaired) electrons. The molecule has 0 aliphatic carbocycles. The number of hydrogen-bond acceptors (Lipinski definition) is 5. The molecule has 0 amide bonds. The first kappa shape index (κ1) is 21.2. The Hall–Kier alpha value is 0.192. The van der Waals surface area contributed by atoms with Crippen molar-refractivity contribution in [2.75, 3.05) is 0 Å². The van der Waals surface area contributed by atoms with Gasteiger partial charge >= 0.3 is 21.1 Å². The second kappa shape index (κ2) is 11.7. The van der Waals surface area contributed by atoms with Gasteiger partial charge in [0.15, 0.2) is 0 Å². The van der Waals surface area contributed by atoms with Crippen molar-refractivity contribution in [1.29, 1.82) is 0 Å². The average molecular weight is 428 g/mol. The van der Waals surface area contributed by atoms with Crippen LogP contribution in [0.25, 0.3) is 0 Å². The molecule has 7 heteroatoms. The van der Waals surface area contributed by atoms with Crippen molar-refractivity contribution >= 4 is 43.7 Å². The van der Waals surface area contributed by atoms with Crippen LogP contribution in [-0.4, -0.2) is 39.4 Å². The minimum atomic E-state index is -2.32. The molecule has 2 unspecified atom stereocenters. The van der Waals surface area contributed by atoms with Crippen LogP contribution < -0.4 is 0 Å². The molecule has 0 rings (SSSR count). The third-order valence-electron chi connectivity index (χ3n) is 2.63. The van der Waals surface area contributed by atoms with Crippen LogP contribution in [0, 0.1) is 0 Å². The molecule has 21 heavy (non-hydrogen) atoms. The van der Waals surface area contributed by atoms with Crippen LogP contribution in [0.15, 0.2) is 9.84 Å². The Morgan fingerprint density at radius 2 is 1.57 bits per heavy atom. The summed E-state index contributed by atoms with van der Waals surface area (Å²) < 4.78 is 22.8. The lowest BCUT2D eigenvalue weighted by Gasteiger charge is -2.20. The lowest BCUT2D eigenvalue weighted by Crippen LogP contribution is -2.33. The Labute approximate surface area is 146 Å². The van der Waals surface area contributed by atoms with Crippen molar-refractivity contribution in [1.82, 2.24) is 0 Å². The third kappa shape index (κ3) is 11.4. The highest BCUT2D eigenvalue weighted by atomic mass is 127. The molecule has 0 aromatic heterocycles. The van der Waals surface area contributed by atoms with Crippen LogP contribution in [0.5, 0.6) is 0 Å². The second-order valence-electron chi connectivity index (χ2n) is 5.05. The zero-order valence-electron chi connectivity index (χ0n) is 13.7. The Kier molecular flexibility index (Phi) is 11.8. The van der Waals surface area contributed by atoms with Gasteiger partial charge in [0.1, 0.15) is 3.77 Å². The minimum absolute atomic E-state index is 0.0672. The third-order valence-corrected chi connectivity index (χ3v) is 5.49. The molecule has 0 aliphatic rings. The molecule has 0 N–H and O–H groups in total. The van der Waals surface area contributed by atoms with Gasteiger partial charge in [-0.3, -0.25) is 0 Å². The van der Waals surface area contributed by atoms with Gasteiger partial charge in [-0.2, -0.15) is 0 Å². The number of ether oxygens (including phenoxy) is 1. The van der Waals surface area contributed by atoms with E-state index in [1.165, 1.54) is 6.08 Å². The molecule has 0 spiro atoms. The van der Waals surface area contributed by atoms with E-state index in [1.54, 1.807) is 13.8 Å². The molecule has 0 fully saturated rings. The molecule has 0 aliphatic heterocycles. The highest BCUT2D eigenvalue weighted by Gasteiger charge is 2.38. The van der Waals surface area contributed by atoms with Gasteiger partial charge in [0.2, 0.25) is 0 Å². The van der Waals surface area contributed by atoms with Crippen LogP contribution in [-0.2, 0) is 20.9 Å². The molecule has 122 valence electrons. The summed E-state index contributed by atoms with van der Waals surface area (Å²) in [7, 11) is 0. The van der Waals surface area contributed by atoms with E-state index in [4.69, 9.17) is 16.1 Å². The van der Waals surface area contributed by atoms with Gasteiger partial charge in [0.25, 0.3) is 0 Å². The second-order valence-corrected chi connectivity index (χ2v) is 7.47. The van der Waals surface area contributed by atoms with E-state index in [2.05, 4.69) is 0 Å². The van der Waals surface area contributed by atoms with Crippen LogP contribution in [0.1, 0.15) is 54.4 Å². The monoisotopic (exact) mass is 428 g/mol. The largest absolute Gasteiger partial charge is 1.00 e. The number of halogens is 1. The summed E-state index contributed by atoms with van der Waals surface area (Å²) in [5, 5.41) is 0. The van der Waals surface area contributed by atoms with Gasteiger partial charge < -0.3 is 16.1 Å². The van der Waals surface area contributed by atoms with E-state index in [0.717, 1.165) is 12.8 Å². The SMILES string of the molecule is CCC(C)[O][Al]([O]/C(I)=C\C(=O)OC(C)C)[O]C(C)CC. The normalized spacial score (nSPS) is 14.8. The van der Waals surface area contributed by atoms with E-state index >= 15 is 0 Å². The molecule has 0 saturated carbocycles. The summed E-state index contributed by atoms with van der Waals surface area (Å²) in [4.78, 5) is 11.6. The molecular formula is C14H26AlIO5. The average Bonchev–Trinajstić information content (AvgIpc) is 2.36. The summed E-state index contributed by atoms with van der Waals surface area (Å²) in [6, 6.07) is 0. The summed E-state index contributed by atoms with van der Waals surface area (Å²) in [6.07, 6.45) is 3.06. The predicted molar refractivity (Wildman–Crippen MR) is 91.8 cm³/mol. The lowest BCUT2D eigenvalue weighted by atomic mass is 10.3. The van der Waals surface area contributed by atoms with E-state index in [0.29, 0.717) is 3.77 Å². The van der Waals surface area contributed by atoms with Crippen LogP contribution >= 0.6 is 22.6 Å². The van der Waals surface area contributed by atoms with E-state index in [1.807, 2.05) is 50.3 Å². The Bertz CT molecular complexity index is 323. The molecule has 2 atom stereocenters. The molecule has 0 saturated heterocycles. The van der Waals surface area contributed by atoms with Crippen molar-refractivity contribution in [2.45, 2.75) is 72.7 Å². The molecular weight excluding hydrogens is 402 g/mol. The van der Waals surface area contributed by atoms with Crippen molar-refractivity contribution in [3.8, 4) is 0 Å². The van der Waals surface area contributed by atoms with E-state index in [9.17, 15) is 4.79 Å². The molecule has 0 aromatic rings. The smallest absolute Gasteiger partial charge is 0.594 e. The van der Waals surface area contributed by atoms with Gasteiger partial charge in [-0.15, -0.1) is 0 Å². The molecule has 0 heterocycles. The fourth-order valence-electron chi connectivity index (χ4n) is 1.14. The van der Waals surface area contributed by atoms with Crippen LogP contribution in [0.3, 0.4) is 0 Å². The van der Waals surface area contributed by atoms with Gasteiger partial charge in [-0.05, 0) is 63.1 Å². The van der Waals surface area contributed by atoms with Crippen LogP contribution in [0.4, 0.5) is 0 Å². The van der Waals surface area contributed by atoms with Crippen molar-refractivity contribution in [3.05, 3.63) is 9.84 Å². The number of esters is 1. The zero-order valence-corrected chi connectivity index (χ0v) is 17.0. The molecule has 5 nitrogen and oxygen atoms in total. The first-order chi connectivity index (χ1) is 9.78. The first-order valence-electron chi connectivity index (χ1n) is 7.33. The fraction of sp³-hybridized carbons (Fsp3) is 0.786. The van der Waals surface area contributed by atoms with Crippen LogP contribution in [0.2, 0.25) is 0 Å². The van der Waals surface area contributed by atoms with Gasteiger partial charge in [-0.25, -0.2) is 4.79 Å². The molecule has 0 aromatic carbocycles. The highest BCUT2D eigenvalue weighted by molar-refractivity contribution is 14.1. The van der Waals surface area contributed by atoms with Crippen molar-refractivity contribution in [3.63, 3.8) is 0 Å². The lowest BCUT2D eigenvalue weighted by molar-refractivity contribution is -0.141. The first-order valence-corrected chi connectivity index (χ1v) is 9.83. The maximum Gasteiger partial charge on any atom is 1.00 e. The van der Waals surface area contributed by atoms with E-state index in [-0.39, 0.29) is 18.3 Å². The van der Waals surface area contributed by atoms with Gasteiger partial charge in [-0.1, -0.05) is 13.8 Å². The van der Waals surface area contributed by atoms with Gasteiger partial charge in [0, 0.05) is 12.2 Å². The Morgan fingerprint density at radius 1 is 1.10 bits per heavy atom. The Balaban J connectivity index is 4.62. The quantitative estimate of drug-likeness (QED) is 0.174. The number of rotatable bonds is 10. The van der Waals surface area contributed by atoms with Crippen molar-refractivity contribution < 1.29 is 20.9 Å². The topological polar surface area (TPSA) is 54.0 Å². The summed E-state index contributed by atoms with van der Waals surface area (Å²) in [5.41, 5.74) is 0. The standard InChI is InChI=1S/C6H9IO3.2C4H9O.Al/c1-4(2)10-6(9)3-5(7)8;2*1-3-4(2)5;/h3-4,8H,1-2H3;2*4H,3H2,1-2H3;/q;2*-1;+3/p-1/b5-3-;;;. The number of hydrogen-bond donors (Lipinski definition) is 0. The maximum absolute atomic E-state index is 11.6. The predicted octanol–water partition coefficient (Wildman–Crippen LogP) is 3.85. The maximum atomic E-state index is 11.6.